The molecule has 0 spiro atoms. The van der Waals surface area contributed by atoms with Crippen LogP contribution in [0, 0.1) is 12.8 Å². The summed E-state index contributed by atoms with van der Waals surface area (Å²) in [5.74, 6) is 0.300. The Balaban J connectivity index is 2.76. The van der Waals surface area contributed by atoms with Gasteiger partial charge in [-0.15, -0.1) is 11.3 Å². The fraction of sp³-hybridized carbons (Fsp3) is 0.636. The number of hydrogen-bond donors (Lipinski definition) is 0. The van der Waals surface area contributed by atoms with Crippen molar-refractivity contribution in [1.29, 1.82) is 0 Å². The highest BCUT2D eigenvalue weighted by Gasteiger charge is 2.21. The van der Waals surface area contributed by atoms with Gasteiger partial charge in [-0.2, -0.15) is 0 Å². The molecule has 1 heterocycles. The lowest BCUT2D eigenvalue weighted by molar-refractivity contribution is -0.122. The number of aromatic nitrogens is 1. The number of carbonyl (C=O) groups excluding carboxylic acids is 1. The van der Waals surface area contributed by atoms with Gasteiger partial charge in [-0.05, 0) is 19.8 Å². The Bertz CT molecular complexity index is 331. The minimum Gasteiger partial charge on any atom is -0.291 e. The minimum absolute atomic E-state index is 0.124. The van der Waals surface area contributed by atoms with E-state index in [1.807, 2.05) is 26.2 Å². The predicted octanol–water partition coefficient (Wildman–Crippen LogP) is 2.85. The molecule has 0 saturated heterocycles. The molecule has 0 aromatic carbocycles. The summed E-state index contributed by atoms with van der Waals surface area (Å²) in [6, 6.07) is 0. The molecule has 3 nitrogen and oxygen atoms in total. The molecule has 0 saturated carbocycles. The van der Waals surface area contributed by atoms with Gasteiger partial charge in [0.25, 0.3) is 0 Å². The van der Waals surface area contributed by atoms with Gasteiger partial charge in [0.1, 0.15) is 0 Å². The molecule has 15 heavy (non-hydrogen) atoms. The lowest BCUT2D eigenvalue weighted by Crippen LogP contribution is -2.32. The van der Waals surface area contributed by atoms with Crippen molar-refractivity contribution in [3.05, 3.63) is 11.1 Å². The van der Waals surface area contributed by atoms with E-state index in [0.29, 0.717) is 0 Å². The third-order valence-electron chi connectivity index (χ3n) is 2.56. The number of carbonyl (C=O) groups is 1. The largest absolute Gasteiger partial charge is 0.291 e. The fourth-order valence-electron chi connectivity index (χ4n) is 1.50. The molecule has 0 bridgehead atoms. The third-order valence-corrected chi connectivity index (χ3v) is 3.59. The molecule has 1 aromatic rings. The number of aryl methyl sites for hydroxylation is 1. The molecule has 0 atom stereocenters. The van der Waals surface area contributed by atoms with Crippen molar-refractivity contribution in [2.75, 3.05) is 11.9 Å². The van der Waals surface area contributed by atoms with Crippen molar-refractivity contribution in [2.24, 2.45) is 5.92 Å². The van der Waals surface area contributed by atoms with Crippen LogP contribution in [0.25, 0.3) is 0 Å². The highest BCUT2D eigenvalue weighted by molar-refractivity contribution is 7.14. The van der Waals surface area contributed by atoms with Crippen LogP contribution < -0.4 is 4.90 Å². The maximum atomic E-state index is 12.0. The van der Waals surface area contributed by atoms with E-state index in [1.54, 1.807) is 11.9 Å². The van der Waals surface area contributed by atoms with Crippen LogP contribution >= 0.6 is 11.3 Å². The Labute approximate surface area is 95.1 Å². The Hall–Kier alpha value is -0.900. The van der Waals surface area contributed by atoms with Crippen LogP contribution in [0.15, 0.2) is 5.38 Å². The summed E-state index contributed by atoms with van der Waals surface area (Å²) in [5.41, 5.74) is 0.971. The van der Waals surface area contributed by atoms with Crippen LogP contribution in [0.1, 0.15) is 32.4 Å². The van der Waals surface area contributed by atoms with E-state index in [0.717, 1.165) is 23.7 Å². The van der Waals surface area contributed by atoms with Crippen LogP contribution in [0.3, 0.4) is 0 Å². The van der Waals surface area contributed by atoms with E-state index >= 15 is 0 Å². The lowest BCUT2D eigenvalue weighted by atomic mass is 10.0. The zero-order valence-electron chi connectivity index (χ0n) is 9.78. The molecular weight excluding hydrogens is 208 g/mol. The van der Waals surface area contributed by atoms with Crippen molar-refractivity contribution >= 4 is 22.4 Å². The average molecular weight is 226 g/mol. The topological polar surface area (TPSA) is 33.2 Å². The van der Waals surface area contributed by atoms with Gasteiger partial charge < -0.3 is 0 Å². The molecule has 84 valence electrons. The van der Waals surface area contributed by atoms with E-state index in [9.17, 15) is 4.79 Å². The quantitative estimate of drug-likeness (QED) is 0.791. The molecule has 1 amide bonds. The normalized spacial score (nSPS) is 10.7. The minimum atomic E-state index is 0.124. The third kappa shape index (κ3) is 2.78. The van der Waals surface area contributed by atoms with Crippen molar-refractivity contribution in [3.8, 4) is 0 Å². The molecular formula is C11H18N2OS. The maximum absolute atomic E-state index is 12.0. The average Bonchev–Trinajstić information content (AvgIpc) is 2.65. The summed E-state index contributed by atoms with van der Waals surface area (Å²) in [6.45, 7) is 6.04. The van der Waals surface area contributed by atoms with Crippen molar-refractivity contribution < 1.29 is 4.79 Å². The molecule has 4 heteroatoms. The number of amides is 1. The van der Waals surface area contributed by atoms with Crippen LogP contribution in [-0.2, 0) is 4.79 Å². The maximum Gasteiger partial charge on any atom is 0.231 e. The van der Waals surface area contributed by atoms with Crippen LogP contribution in [-0.4, -0.2) is 17.9 Å². The standard InChI is InChI=1S/C11H18N2OS/c1-5-9(6-2)10(14)13(4)11-12-8(3)7-15-11/h7,9H,5-6H2,1-4H3. The molecule has 0 aliphatic heterocycles. The van der Waals surface area contributed by atoms with Crippen LogP contribution in [0.4, 0.5) is 5.13 Å². The van der Waals surface area contributed by atoms with Gasteiger partial charge in [0.05, 0.1) is 5.69 Å². The zero-order chi connectivity index (χ0) is 11.4. The van der Waals surface area contributed by atoms with Crippen LogP contribution in [0.5, 0.6) is 0 Å². The van der Waals surface area contributed by atoms with Gasteiger partial charge in [-0.25, -0.2) is 4.98 Å². The van der Waals surface area contributed by atoms with Crippen molar-refractivity contribution in [2.45, 2.75) is 33.6 Å². The van der Waals surface area contributed by atoms with Gasteiger partial charge in [-0.3, -0.25) is 9.69 Å². The molecule has 0 N–H and O–H groups in total. The van der Waals surface area contributed by atoms with Gasteiger partial charge in [-0.1, -0.05) is 13.8 Å². The summed E-state index contributed by atoms with van der Waals surface area (Å²) in [5, 5.41) is 2.76. The second-order valence-corrected chi connectivity index (χ2v) is 4.52. The molecule has 0 aliphatic rings. The summed E-state index contributed by atoms with van der Waals surface area (Å²) in [7, 11) is 1.80. The zero-order valence-corrected chi connectivity index (χ0v) is 10.6. The summed E-state index contributed by atoms with van der Waals surface area (Å²) >= 11 is 1.52. The van der Waals surface area contributed by atoms with Gasteiger partial charge >= 0.3 is 0 Å². The number of hydrogen-bond acceptors (Lipinski definition) is 3. The van der Waals surface area contributed by atoms with E-state index in [2.05, 4.69) is 4.98 Å². The van der Waals surface area contributed by atoms with Crippen molar-refractivity contribution in [3.63, 3.8) is 0 Å². The Morgan fingerprint density at radius 2 is 2.13 bits per heavy atom. The van der Waals surface area contributed by atoms with Gasteiger partial charge in [0, 0.05) is 18.3 Å². The SMILES string of the molecule is CCC(CC)C(=O)N(C)c1nc(C)cs1. The molecule has 1 rings (SSSR count). The number of thiazole rings is 1. The summed E-state index contributed by atoms with van der Waals surface area (Å²) in [4.78, 5) is 18.0. The van der Waals surface area contributed by atoms with E-state index in [4.69, 9.17) is 0 Å². The first kappa shape index (κ1) is 12.2. The monoisotopic (exact) mass is 226 g/mol. The predicted molar refractivity (Wildman–Crippen MR) is 64.3 cm³/mol. The molecule has 0 fully saturated rings. The number of anilines is 1. The fourth-order valence-corrected chi connectivity index (χ4v) is 2.28. The molecule has 1 aromatic heterocycles. The molecule has 0 unspecified atom stereocenters. The van der Waals surface area contributed by atoms with Crippen molar-refractivity contribution in [1.82, 2.24) is 4.98 Å². The first-order chi connectivity index (χ1) is 7.10. The Kier molecular flexibility index (Phi) is 4.27. The summed E-state index contributed by atoms with van der Waals surface area (Å²) in [6.07, 6.45) is 1.79. The summed E-state index contributed by atoms with van der Waals surface area (Å²) < 4.78 is 0. The van der Waals surface area contributed by atoms with E-state index in [1.165, 1.54) is 11.3 Å². The van der Waals surface area contributed by atoms with E-state index < -0.39 is 0 Å². The second kappa shape index (κ2) is 5.26. The smallest absolute Gasteiger partial charge is 0.231 e. The molecule has 0 radical (unpaired) electrons. The van der Waals surface area contributed by atoms with Gasteiger partial charge in [0.2, 0.25) is 5.91 Å². The van der Waals surface area contributed by atoms with Gasteiger partial charge in [0.15, 0.2) is 5.13 Å². The second-order valence-electron chi connectivity index (χ2n) is 3.68. The van der Waals surface area contributed by atoms with Crippen LogP contribution in [0.2, 0.25) is 0 Å². The Morgan fingerprint density at radius 3 is 2.53 bits per heavy atom. The first-order valence-electron chi connectivity index (χ1n) is 5.29. The highest BCUT2D eigenvalue weighted by atomic mass is 32.1. The first-order valence-corrected chi connectivity index (χ1v) is 6.17. The Morgan fingerprint density at radius 1 is 1.53 bits per heavy atom. The number of rotatable bonds is 4. The molecule has 0 aliphatic carbocycles. The van der Waals surface area contributed by atoms with E-state index in [-0.39, 0.29) is 11.8 Å². The highest BCUT2D eigenvalue weighted by Crippen LogP contribution is 2.22. The lowest BCUT2D eigenvalue weighted by Gasteiger charge is -2.19. The number of nitrogens with zero attached hydrogens (tertiary/aromatic N) is 2.